The highest BCUT2D eigenvalue weighted by Crippen LogP contribution is 2.47. The van der Waals surface area contributed by atoms with Crippen LogP contribution in [0.4, 0.5) is 0 Å². The predicted octanol–water partition coefficient (Wildman–Crippen LogP) is 1.46. The van der Waals surface area contributed by atoms with Crippen molar-refractivity contribution in [1.82, 2.24) is 10.2 Å². The van der Waals surface area contributed by atoms with Crippen LogP contribution in [0.15, 0.2) is 24.3 Å². The number of benzene rings is 1. The minimum absolute atomic E-state index is 0.331. The van der Waals surface area contributed by atoms with Gasteiger partial charge in [0.05, 0.1) is 0 Å². The second kappa shape index (κ2) is 7.04. The first-order valence-electron chi connectivity index (χ1n) is 9.81. The zero-order chi connectivity index (χ0) is 19.9. The SMILES string of the molecule is O=C(O)CNC(=O)C1C(=O)N(Cc2ccc(C3CC3)cc2)CC2(CCC2)C1=O. The molecule has 2 amide bonds. The van der Waals surface area contributed by atoms with E-state index in [4.69, 9.17) is 5.11 Å². The molecule has 1 aliphatic heterocycles. The molecule has 2 aliphatic carbocycles. The number of piperidine rings is 1. The summed E-state index contributed by atoms with van der Waals surface area (Å²) in [5, 5.41) is 11.0. The number of Topliss-reactive ketones (excluding diaryl/α,β-unsaturated/α-hetero) is 1. The molecule has 28 heavy (non-hydrogen) atoms. The van der Waals surface area contributed by atoms with Crippen molar-refractivity contribution in [1.29, 1.82) is 0 Å². The van der Waals surface area contributed by atoms with Crippen LogP contribution in [-0.4, -0.2) is 46.7 Å². The molecule has 0 radical (unpaired) electrons. The maximum absolute atomic E-state index is 12.9. The molecule has 1 spiro atoms. The summed E-state index contributed by atoms with van der Waals surface area (Å²) in [5.41, 5.74) is 1.61. The summed E-state index contributed by atoms with van der Waals surface area (Å²) in [7, 11) is 0. The lowest BCUT2D eigenvalue weighted by Gasteiger charge is -2.49. The number of hydrogen-bond donors (Lipinski definition) is 2. The Bertz CT molecular complexity index is 824. The minimum atomic E-state index is -1.45. The molecule has 7 nitrogen and oxygen atoms in total. The zero-order valence-corrected chi connectivity index (χ0v) is 15.6. The van der Waals surface area contributed by atoms with Gasteiger partial charge >= 0.3 is 5.97 Å². The number of carboxylic acids is 1. The van der Waals surface area contributed by atoms with Crippen LogP contribution in [0.5, 0.6) is 0 Å². The molecule has 4 rings (SSSR count). The van der Waals surface area contributed by atoms with Crippen LogP contribution in [0.3, 0.4) is 0 Å². The Morgan fingerprint density at radius 1 is 1.14 bits per heavy atom. The van der Waals surface area contributed by atoms with E-state index in [1.807, 2.05) is 12.1 Å². The van der Waals surface area contributed by atoms with E-state index >= 15 is 0 Å². The maximum Gasteiger partial charge on any atom is 0.322 e. The zero-order valence-electron chi connectivity index (χ0n) is 15.6. The summed E-state index contributed by atoms with van der Waals surface area (Å²) < 4.78 is 0. The average molecular weight is 384 g/mol. The van der Waals surface area contributed by atoms with E-state index in [1.165, 1.54) is 18.4 Å². The second-order valence-electron chi connectivity index (χ2n) is 8.25. The van der Waals surface area contributed by atoms with Crippen molar-refractivity contribution in [3.63, 3.8) is 0 Å². The van der Waals surface area contributed by atoms with Crippen molar-refractivity contribution in [3.05, 3.63) is 35.4 Å². The van der Waals surface area contributed by atoms with E-state index in [0.29, 0.717) is 31.8 Å². The Kier molecular flexibility index (Phi) is 4.69. The molecular formula is C21H24N2O5. The van der Waals surface area contributed by atoms with E-state index in [9.17, 15) is 19.2 Å². The third kappa shape index (κ3) is 3.41. The van der Waals surface area contributed by atoms with E-state index in [-0.39, 0.29) is 5.78 Å². The summed E-state index contributed by atoms with van der Waals surface area (Å²) in [6, 6.07) is 8.18. The number of carbonyl (C=O) groups is 4. The number of rotatable bonds is 6. The van der Waals surface area contributed by atoms with Gasteiger partial charge in [-0.1, -0.05) is 30.7 Å². The fourth-order valence-electron chi connectivity index (χ4n) is 4.29. The van der Waals surface area contributed by atoms with Crippen LogP contribution >= 0.6 is 0 Å². The molecule has 3 fully saturated rings. The van der Waals surface area contributed by atoms with Gasteiger partial charge in [-0.25, -0.2) is 0 Å². The molecule has 3 aliphatic rings. The van der Waals surface area contributed by atoms with Crippen molar-refractivity contribution < 1.29 is 24.3 Å². The van der Waals surface area contributed by atoms with Gasteiger partial charge in [-0.3, -0.25) is 19.2 Å². The van der Waals surface area contributed by atoms with Crippen LogP contribution in [0, 0.1) is 11.3 Å². The molecule has 1 heterocycles. The minimum Gasteiger partial charge on any atom is -0.480 e. The second-order valence-corrected chi connectivity index (χ2v) is 8.25. The number of carbonyl (C=O) groups excluding carboxylic acids is 3. The fraction of sp³-hybridized carbons (Fsp3) is 0.524. The summed E-state index contributed by atoms with van der Waals surface area (Å²) in [5.74, 6) is -3.70. The smallest absolute Gasteiger partial charge is 0.322 e. The molecular weight excluding hydrogens is 360 g/mol. The fourth-order valence-corrected chi connectivity index (χ4v) is 4.29. The van der Waals surface area contributed by atoms with E-state index in [2.05, 4.69) is 17.4 Å². The molecule has 1 saturated heterocycles. The summed E-state index contributed by atoms with van der Waals surface area (Å²) in [4.78, 5) is 50.6. The Balaban J connectivity index is 1.52. The molecule has 7 heteroatoms. The van der Waals surface area contributed by atoms with Gasteiger partial charge in [0, 0.05) is 18.5 Å². The van der Waals surface area contributed by atoms with Crippen LogP contribution in [0.1, 0.15) is 49.1 Å². The standard InChI is InChI=1S/C21H24N2O5/c24-16(25)10-22-19(27)17-18(26)21(8-1-9-21)12-23(20(17)28)11-13-2-4-14(5-3-13)15-6-7-15/h2-5,15,17H,1,6-12H2,(H,22,27)(H,24,25). The molecule has 148 valence electrons. The van der Waals surface area contributed by atoms with Crippen molar-refractivity contribution in [2.45, 2.75) is 44.6 Å². The molecule has 1 unspecified atom stereocenters. The molecule has 2 N–H and O–H groups in total. The molecule has 2 saturated carbocycles. The summed E-state index contributed by atoms with van der Waals surface area (Å²) in [6.07, 6.45) is 4.68. The first-order chi connectivity index (χ1) is 13.4. The first-order valence-corrected chi connectivity index (χ1v) is 9.81. The van der Waals surface area contributed by atoms with Gasteiger partial charge in [0.2, 0.25) is 11.8 Å². The topological polar surface area (TPSA) is 104 Å². The lowest BCUT2D eigenvalue weighted by atomic mass is 9.61. The number of aliphatic carboxylic acids is 1. The van der Waals surface area contributed by atoms with Gasteiger partial charge in [0.15, 0.2) is 11.7 Å². The number of likely N-dealkylation sites (tertiary alicyclic amines) is 1. The Labute approximate surface area is 163 Å². The lowest BCUT2D eigenvalue weighted by molar-refractivity contribution is -0.164. The van der Waals surface area contributed by atoms with Crippen LogP contribution in [-0.2, 0) is 25.7 Å². The van der Waals surface area contributed by atoms with Crippen molar-refractivity contribution in [2.24, 2.45) is 11.3 Å². The highest BCUT2D eigenvalue weighted by Gasteiger charge is 2.56. The Morgan fingerprint density at radius 2 is 1.82 bits per heavy atom. The highest BCUT2D eigenvalue weighted by molar-refractivity contribution is 6.21. The normalized spacial score (nSPS) is 23.4. The quantitative estimate of drug-likeness (QED) is 0.723. The van der Waals surface area contributed by atoms with Gasteiger partial charge in [-0.15, -0.1) is 0 Å². The van der Waals surface area contributed by atoms with Crippen LogP contribution in [0.25, 0.3) is 0 Å². The molecule has 1 atom stereocenters. The van der Waals surface area contributed by atoms with Gasteiger partial charge in [-0.05, 0) is 42.7 Å². The molecule has 0 bridgehead atoms. The Morgan fingerprint density at radius 3 is 2.36 bits per heavy atom. The van der Waals surface area contributed by atoms with Crippen molar-refractivity contribution >= 4 is 23.6 Å². The van der Waals surface area contributed by atoms with Crippen LogP contribution < -0.4 is 5.32 Å². The maximum atomic E-state index is 12.9. The number of hydrogen-bond acceptors (Lipinski definition) is 4. The monoisotopic (exact) mass is 384 g/mol. The van der Waals surface area contributed by atoms with Gasteiger partial charge < -0.3 is 15.3 Å². The summed E-state index contributed by atoms with van der Waals surface area (Å²) >= 11 is 0. The number of nitrogens with one attached hydrogen (secondary N) is 1. The van der Waals surface area contributed by atoms with Gasteiger partial charge in [-0.2, -0.15) is 0 Å². The van der Waals surface area contributed by atoms with Crippen molar-refractivity contribution in [2.75, 3.05) is 13.1 Å². The molecule has 1 aromatic rings. The van der Waals surface area contributed by atoms with Gasteiger partial charge in [0.1, 0.15) is 6.54 Å². The third-order valence-corrected chi connectivity index (χ3v) is 6.23. The Hall–Kier alpha value is -2.70. The van der Waals surface area contributed by atoms with Gasteiger partial charge in [0.25, 0.3) is 0 Å². The van der Waals surface area contributed by atoms with Crippen LogP contribution in [0.2, 0.25) is 0 Å². The number of nitrogens with zero attached hydrogens (tertiary/aromatic N) is 1. The van der Waals surface area contributed by atoms with E-state index in [1.54, 1.807) is 4.90 Å². The predicted molar refractivity (Wildman–Crippen MR) is 99.3 cm³/mol. The largest absolute Gasteiger partial charge is 0.480 e. The number of amides is 2. The molecule has 0 aromatic heterocycles. The van der Waals surface area contributed by atoms with E-state index in [0.717, 1.165) is 12.0 Å². The third-order valence-electron chi connectivity index (χ3n) is 6.23. The number of ketones is 1. The van der Waals surface area contributed by atoms with Crippen molar-refractivity contribution in [3.8, 4) is 0 Å². The lowest BCUT2D eigenvalue weighted by Crippen LogP contribution is -2.62. The highest BCUT2D eigenvalue weighted by atomic mass is 16.4. The summed E-state index contributed by atoms with van der Waals surface area (Å²) in [6.45, 7) is 0.0742. The molecule has 1 aromatic carbocycles. The average Bonchev–Trinajstić information content (AvgIpc) is 3.47. The first kappa shape index (κ1) is 18.7. The van der Waals surface area contributed by atoms with E-state index < -0.39 is 35.7 Å². The number of carboxylic acid groups (broad SMARTS) is 1.